The van der Waals surface area contributed by atoms with Crippen LogP contribution in [0.4, 0.5) is 0 Å². The van der Waals surface area contributed by atoms with Crippen molar-refractivity contribution in [2.24, 2.45) is 0 Å². The highest BCUT2D eigenvalue weighted by Gasteiger charge is 2.42. The third-order valence-electron chi connectivity index (χ3n) is 4.13. The second-order valence-corrected chi connectivity index (χ2v) is 5.43. The Hall–Kier alpha value is -2.18. The largest absolute Gasteiger partial charge is 0.469 e. The lowest BCUT2D eigenvalue weighted by molar-refractivity contribution is -0.132. The van der Waals surface area contributed by atoms with Gasteiger partial charge in [0.05, 0.1) is 6.26 Å². The monoisotopic (exact) mass is 289 g/mol. The fraction of sp³-hybridized carbons (Fsp3) is 0.571. The third-order valence-corrected chi connectivity index (χ3v) is 4.13. The van der Waals surface area contributed by atoms with Crippen molar-refractivity contribution in [2.75, 3.05) is 6.54 Å². The van der Waals surface area contributed by atoms with Crippen LogP contribution < -0.4 is 5.32 Å². The molecule has 1 amide bonds. The lowest BCUT2D eigenvalue weighted by Crippen LogP contribution is -2.50. The summed E-state index contributed by atoms with van der Waals surface area (Å²) >= 11 is 0. The maximum absolute atomic E-state index is 12.7. The second kappa shape index (κ2) is 6.07. The van der Waals surface area contributed by atoms with Crippen LogP contribution in [0, 0.1) is 0 Å². The van der Waals surface area contributed by atoms with Gasteiger partial charge in [-0.05, 0) is 35.4 Å². The maximum Gasteiger partial charge on any atom is 0.248 e. The number of tetrazole rings is 1. The van der Waals surface area contributed by atoms with Crippen LogP contribution >= 0.6 is 0 Å². The van der Waals surface area contributed by atoms with E-state index in [9.17, 15) is 4.79 Å². The smallest absolute Gasteiger partial charge is 0.248 e. The summed E-state index contributed by atoms with van der Waals surface area (Å²) in [6, 6.07) is 3.75. The summed E-state index contributed by atoms with van der Waals surface area (Å²) in [6.45, 7) is 0.552. The van der Waals surface area contributed by atoms with Crippen LogP contribution in [0.1, 0.15) is 37.9 Å². The molecule has 0 bridgehead atoms. The van der Waals surface area contributed by atoms with Gasteiger partial charge >= 0.3 is 0 Å². The molecule has 1 fully saturated rings. The van der Waals surface area contributed by atoms with E-state index < -0.39 is 5.54 Å². The Labute approximate surface area is 122 Å². The highest BCUT2D eigenvalue weighted by molar-refractivity contribution is 5.84. The summed E-state index contributed by atoms with van der Waals surface area (Å²) in [6.07, 6.45) is 8.62. The van der Waals surface area contributed by atoms with E-state index in [1.54, 1.807) is 10.9 Å². The van der Waals surface area contributed by atoms with Crippen molar-refractivity contribution in [1.82, 2.24) is 25.5 Å². The minimum Gasteiger partial charge on any atom is -0.469 e. The molecule has 7 nitrogen and oxygen atoms in total. The Morgan fingerprint density at radius 2 is 2.24 bits per heavy atom. The highest BCUT2D eigenvalue weighted by atomic mass is 16.3. The summed E-state index contributed by atoms with van der Waals surface area (Å²) in [7, 11) is 0. The number of rotatable bonds is 5. The summed E-state index contributed by atoms with van der Waals surface area (Å²) < 4.78 is 6.89. The van der Waals surface area contributed by atoms with Crippen LogP contribution in [0.5, 0.6) is 0 Å². The van der Waals surface area contributed by atoms with E-state index in [2.05, 4.69) is 20.8 Å². The second-order valence-electron chi connectivity index (χ2n) is 5.43. The summed E-state index contributed by atoms with van der Waals surface area (Å²) in [5, 5.41) is 14.3. The molecule has 0 radical (unpaired) electrons. The van der Waals surface area contributed by atoms with E-state index >= 15 is 0 Å². The topological polar surface area (TPSA) is 85.8 Å². The Morgan fingerprint density at radius 3 is 2.90 bits per heavy atom. The van der Waals surface area contributed by atoms with Crippen LogP contribution in [0.15, 0.2) is 29.1 Å². The van der Waals surface area contributed by atoms with Crippen molar-refractivity contribution in [1.29, 1.82) is 0 Å². The number of furan rings is 1. The molecule has 1 saturated carbocycles. The number of carbonyl (C=O) groups excluding carboxylic acids is 1. The number of amides is 1. The maximum atomic E-state index is 12.7. The van der Waals surface area contributed by atoms with Gasteiger partial charge in [0.15, 0.2) is 0 Å². The number of hydrogen-bond donors (Lipinski definition) is 1. The van der Waals surface area contributed by atoms with Crippen LogP contribution in [-0.2, 0) is 16.8 Å². The zero-order chi connectivity index (χ0) is 14.5. The molecule has 7 heteroatoms. The Balaban J connectivity index is 1.66. The number of carbonyl (C=O) groups is 1. The quantitative estimate of drug-likeness (QED) is 0.896. The first-order valence-corrected chi connectivity index (χ1v) is 7.35. The molecule has 0 spiro atoms. The molecule has 2 aromatic heterocycles. The predicted molar refractivity (Wildman–Crippen MR) is 74.3 cm³/mol. The molecule has 3 rings (SSSR count). The summed E-state index contributed by atoms with van der Waals surface area (Å²) in [4.78, 5) is 12.7. The van der Waals surface area contributed by atoms with Crippen LogP contribution in [0.3, 0.4) is 0 Å². The molecule has 0 unspecified atom stereocenters. The number of nitrogens with one attached hydrogen (secondary N) is 1. The van der Waals surface area contributed by atoms with E-state index in [1.165, 1.54) is 6.33 Å². The van der Waals surface area contributed by atoms with E-state index in [0.717, 1.165) is 37.9 Å². The molecule has 1 N–H and O–H groups in total. The van der Waals surface area contributed by atoms with E-state index in [4.69, 9.17) is 4.42 Å². The van der Waals surface area contributed by atoms with Crippen LogP contribution in [0.2, 0.25) is 0 Å². The molecule has 112 valence electrons. The first-order valence-electron chi connectivity index (χ1n) is 7.35. The first-order chi connectivity index (χ1) is 10.3. The van der Waals surface area contributed by atoms with Gasteiger partial charge in [-0.2, -0.15) is 0 Å². The number of aromatic nitrogens is 4. The van der Waals surface area contributed by atoms with Gasteiger partial charge < -0.3 is 9.73 Å². The van der Waals surface area contributed by atoms with Crippen molar-refractivity contribution in [3.8, 4) is 0 Å². The number of hydrogen-bond acceptors (Lipinski definition) is 5. The molecule has 2 heterocycles. The molecule has 1 aliphatic rings. The average Bonchev–Trinajstić information content (AvgIpc) is 3.21. The molecule has 1 aliphatic carbocycles. The SMILES string of the molecule is O=C(NCCc1ccco1)C1(n2cnnn2)CCCCC1. The van der Waals surface area contributed by atoms with Gasteiger partial charge in [0.25, 0.3) is 0 Å². The first kappa shape index (κ1) is 13.8. The molecule has 0 saturated heterocycles. The molecule has 0 aromatic carbocycles. The standard InChI is InChI=1S/C14H19N5O2/c20-13(15-9-6-12-5-4-10-21-12)14(7-2-1-3-8-14)19-11-16-17-18-19/h4-5,10-11H,1-3,6-9H2,(H,15,20). The lowest BCUT2D eigenvalue weighted by Gasteiger charge is -2.35. The number of nitrogens with zero attached hydrogens (tertiary/aromatic N) is 4. The van der Waals surface area contributed by atoms with Crippen LogP contribution in [0.25, 0.3) is 0 Å². The minimum absolute atomic E-state index is 0.000978. The predicted octanol–water partition coefficient (Wildman–Crippen LogP) is 1.28. The van der Waals surface area contributed by atoms with Gasteiger partial charge in [-0.3, -0.25) is 4.79 Å². The normalized spacial score (nSPS) is 17.5. The summed E-state index contributed by atoms with van der Waals surface area (Å²) in [5.74, 6) is 0.872. The fourth-order valence-electron chi connectivity index (χ4n) is 2.97. The minimum atomic E-state index is -0.634. The van der Waals surface area contributed by atoms with Gasteiger partial charge in [-0.15, -0.1) is 5.10 Å². The van der Waals surface area contributed by atoms with Crippen molar-refractivity contribution in [3.05, 3.63) is 30.5 Å². The van der Waals surface area contributed by atoms with Crippen LogP contribution in [-0.4, -0.2) is 32.7 Å². The van der Waals surface area contributed by atoms with Gasteiger partial charge in [0.1, 0.15) is 17.6 Å². The highest BCUT2D eigenvalue weighted by Crippen LogP contribution is 2.34. The lowest BCUT2D eigenvalue weighted by atomic mass is 9.81. The van der Waals surface area contributed by atoms with Crippen molar-refractivity contribution in [3.63, 3.8) is 0 Å². The van der Waals surface area contributed by atoms with E-state index in [0.29, 0.717) is 13.0 Å². The van der Waals surface area contributed by atoms with Crippen molar-refractivity contribution >= 4 is 5.91 Å². The molecule has 0 atom stereocenters. The Bertz CT molecular complexity index is 558. The van der Waals surface area contributed by atoms with Gasteiger partial charge in [-0.1, -0.05) is 19.3 Å². The zero-order valence-electron chi connectivity index (χ0n) is 11.9. The molecular formula is C14H19N5O2. The molecule has 2 aromatic rings. The van der Waals surface area contributed by atoms with Gasteiger partial charge in [0.2, 0.25) is 5.91 Å². The Morgan fingerprint density at radius 1 is 1.38 bits per heavy atom. The fourth-order valence-corrected chi connectivity index (χ4v) is 2.97. The molecular weight excluding hydrogens is 270 g/mol. The summed E-state index contributed by atoms with van der Waals surface area (Å²) in [5.41, 5.74) is -0.634. The zero-order valence-corrected chi connectivity index (χ0v) is 11.9. The third kappa shape index (κ3) is 2.81. The molecule has 0 aliphatic heterocycles. The van der Waals surface area contributed by atoms with Gasteiger partial charge in [0, 0.05) is 13.0 Å². The Kier molecular flexibility index (Phi) is 3.98. The van der Waals surface area contributed by atoms with E-state index in [-0.39, 0.29) is 5.91 Å². The van der Waals surface area contributed by atoms with E-state index in [1.807, 2.05) is 12.1 Å². The van der Waals surface area contributed by atoms with Crippen molar-refractivity contribution in [2.45, 2.75) is 44.1 Å². The average molecular weight is 289 g/mol. The van der Waals surface area contributed by atoms with Gasteiger partial charge in [-0.25, -0.2) is 4.68 Å². The van der Waals surface area contributed by atoms with Crippen molar-refractivity contribution < 1.29 is 9.21 Å². The molecule has 21 heavy (non-hydrogen) atoms.